The highest BCUT2D eigenvalue weighted by Crippen LogP contribution is 2.20. The molecule has 0 spiro atoms. The van der Waals surface area contributed by atoms with Gasteiger partial charge in [0.15, 0.2) is 14.9 Å². The number of rotatable bonds is 5. The van der Waals surface area contributed by atoms with Crippen molar-refractivity contribution in [2.45, 2.75) is 17.9 Å². The Hall–Kier alpha value is -1.21. The minimum atomic E-state index is -3.33. The molecule has 0 atom stereocenters. The van der Waals surface area contributed by atoms with E-state index in [0.29, 0.717) is 17.3 Å². The van der Waals surface area contributed by atoms with Crippen molar-refractivity contribution in [2.75, 3.05) is 5.75 Å². The maximum absolute atomic E-state index is 12.1. The number of nitrogens with one attached hydrogen (secondary N) is 1. The Morgan fingerprint density at radius 2 is 2.22 bits per heavy atom. The van der Waals surface area contributed by atoms with Crippen LogP contribution in [-0.4, -0.2) is 29.4 Å². The number of pyridine rings is 1. The summed E-state index contributed by atoms with van der Waals surface area (Å²) in [6.45, 7) is 0. The number of aryl methyl sites for hydroxylation is 1. The number of hydrogen-bond donors (Lipinski definition) is 1. The lowest BCUT2D eigenvalue weighted by Crippen LogP contribution is -2.10. The maximum Gasteiger partial charge on any atom is 0.196 e. The topological polar surface area (TPSA) is 75.7 Å². The van der Waals surface area contributed by atoms with Gasteiger partial charge >= 0.3 is 0 Å². The molecule has 0 aliphatic rings. The van der Waals surface area contributed by atoms with Gasteiger partial charge in [0.25, 0.3) is 0 Å². The average Bonchev–Trinajstić information content (AvgIpc) is 2.82. The molecule has 18 heavy (non-hydrogen) atoms. The predicted molar refractivity (Wildman–Crippen MR) is 70.9 cm³/mol. The molecular weight excluding hydrogens is 318 g/mol. The number of hydrogen-bond acceptors (Lipinski definition) is 4. The standard InChI is InChI=1S/C11H12BrN3O2S/c12-10-4-1-5-13-11(10)18(16,17)6-2-3-9-7-14-15-8-9/h1,4-5,7-8H,2-3,6H2,(H,14,15). The van der Waals surface area contributed by atoms with E-state index in [1.54, 1.807) is 24.5 Å². The molecule has 1 N–H and O–H groups in total. The molecule has 2 rings (SSSR count). The van der Waals surface area contributed by atoms with Gasteiger partial charge in [0.05, 0.1) is 16.4 Å². The summed E-state index contributed by atoms with van der Waals surface area (Å²) in [5.41, 5.74) is 1.00. The summed E-state index contributed by atoms with van der Waals surface area (Å²) in [7, 11) is -3.33. The van der Waals surface area contributed by atoms with Crippen molar-refractivity contribution in [3.8, 4) is 0 Å². The number of halogens is 1. The minimum absolute atomic E-state index is 0.0772. The van der Waals surface area contributed by atoms with Gasteiger partial charge in [0.2, 0.25) is 0 Å². The van der Waals surface area contributed by atoms with Crippen molar-refractivity contribution >= 4 is 25.8 Å². The van der Waals surface area contributed by atoms with E-state index in [1.807, 2.05) is 0 Å². The molecule has 0 fully saturated rings. The summed E-state index contributed by atoms with van der Waals surface area (Å²) >= 11 is 3.21. The van der Waals surface area contributed by atoms with E-state index in [1.165, 1.54) is 6.20 Å². The van der Waals surface area contributed by atoms with Crippen LogP contribution in [0.25, 0.3) is 0 Å². The van der Waals surface area contributed by atoms with Gasteiger partial charge in [-0.1, -0.05) is 0 Å². The highest BCUT2D eigenvalue weighted by Gasteiger charge is 2.18. The van der Waals surface area contributed by atoms with E-state index in [9.17, 15) is 8.42 Å². The fourth-order valence-electron chi connectivity index (χ4n) is 1.58. The molecule has 0 aliphatic carbocycles. The SMILES string of the molecule is O=S(=O)(CCCc1cn[nH]c1)c1ncccc1Br. The van der Waals surface area contributed by atoms with Crippen molar-refractivity contribution in [2.24, 2.45) is 0 Å². The van der Waals surface area contributed by atoms with Gasteiger partial charge in [-0.3, -0.25) is 5.10 Å². The second-order valence-electron chi connectivity index (χ2n) is 3.82. The molecule has 7 heteroatoms. The lowest BCUT2D eigenvalue weighted by atomic mass is 10.2. The lowest BCUT2D eigenvalue weighted by molar-refractivity contribution is 0.589. The molecule has 0 amide bonds. The van der Waals surface area contributed by atoms with E-state index in [2.05, 4.69) is 31.1 Å². The third-order valence-electron chi connectivity index (χ3n) is 2.45. The Balaban J connectivity index is 2.02. The quantitative estimate of drug-likeness (QED) is 0.909. The third kappa shape index (κ3) is 3.17. The first-order valence-corrected chi connectivity index (χ1v) is 7.85. The first kappa shape index (κ1) is 13.2. The highest BCUT2D eigenvalue weighted by atomic mass is 79.9. The van der Waals surface area contributed by atoms with Crippen LogP contribution in [0.15, 0.2) is 40.2 Å². The van der Waals surface area contributed by atoms with Crippen LogP contribution in [0.1, 0.15) is 12.0 Å². The van der Waals surface area contributed by atoms with Gasteiger partial charge in [-0.15, -0.1) is 0 Å². The summed E-state index contributed by atoms with van der Waals surface area (Å²) in [5.74, 6) is 0.0772. The molecule has 96 valence electrons. The van der Waals surface area contributed by atoms with Gasteiger partial charge in [-0.2, -0.15) is 5.10 Å². The van der Waals surface area contributed by atoms with E-state index in [0.717, 1.165) is 5.56 Å². The zero-order valence-electron chi connectivity index (χ0n) is 9.51. The Labute approximate surface area is 114 Å². The van der Waals surface area contributed by atoms with Gasteiger partial charge in [-0.25, -0.2) is 13.4 Å². The molecule has 0 radical (unpaired) electrons. The fourth-order valence-corrected chi connectivity index (χ4v) is 3.88. The molecule has 2 aromatic rings. The molecule has 2 heterocycles. The Morgan fingerprint density at radius 3 is 2.89 bits per heavy atom. The van der Waals surface area contributed by atoms with Crippen LogP contribution in [0, 0.1) is 0 Å². The van der Waals surface area contributed by atoms with Crippen molar-refractivity contribution in [1.29, 1.82) is 0 Å². The molecule has 0 aliphatic heterocycles. The second kappa shape index (κ2) is 5.62. The van der Waals surface area contributed by atoms with Crippen molar-refractivity contribution in [1.82, 2.24) is 15.2 Å². The highest BCUT2D eigenvalue weighted by molar-refractivity contribution is 9.10. The van der Waals surface area contributed by atoms with Gasteiger partial charge < -0.3 is 0 Å². The first-order valence-electron chi connectivity index (χ1n) is 5.40. The summed E-state index contributed by atoms with van der Waals surface area (Å²) in [6, 6.07) is 3.37. The first-order chi connectivity index (χ1) is 8.59. The van der Waals surface area contributed by atoms with Crippen molar-refractivity contribution < 1.29 is 8.42 Å². The predicted octanol–water partition coefficient (Wildman–Crippen LogP) is 1.97. The van der Waals surface area contributed by atoms with Crippen LogP contribution < -0.4 is 0 Å². The molecular formula is C11H12BrN3O2S. The molecule has 0 aromatic carbocycles. The zero-order valence-corrected chi connectivity index (χ0v) is 11.9. The number of aromatic nitrogens is 3. The smallest absolute Gasteiger partial charge is 0.196 e. The van der Waals surface area contributed by atoms with Crippen LogP contribution in [-0.2, 0) is 16.3 Å². The second-order valence-corrected chi connectivity index (χ2v) is 6.70. The average molecular weight is 330 g/mol. The summed E-state index contributed by atoms with van der Waals surface area (Å²) in [6.07, 6.45) is 6.17. The van der Waals surface area contributed by atoms with Gasteiger partial charge in [0, 0.05) is 12.4 Å². The summed E-state index contributed by atoms with van der Waals surface area (Å²) < 4.78 is 24.6. The van der Waals surface area contributed by atoms with Crippen LogP contribution in [0.5, 0.6) is 0 Å². The molecule has 0 saturated heterocycles. The minimum Gasteiger partial charge on any atom is -0.285 e. The van der Waals surface area contributed by atoms with Gasteiger partial charge in [0.1, 0.15) is 0 Å². The molecule has 0 bridgehead atoms. The number of sulfone groups is 1. The van der Waals surface area contributed by atoms with Crippen LogP contribution in [0.4, 0.5) is 0 Å². The Bertz CT molecular complexity index is 611. The third-order valence-corrected chi connectivity index (χ3v) is 5.10. The van der Waals surface area contributed by atoms with E-state index < -0.39 is 9.84 Å². The van der Waals surface area contributed by atoms with Crippen molar-refractivity contribution in [3.63, 3.8) is 0 Å². The Kier molecular flexibility index (Phi) is 4.13. The van der Waals surface area contributed by atoms with Crippen LogP contribution in [0.2, 0.25) is 0 Å². The fraction of sp³-hybridized carbons (Fsp3) is 0.273. The molecule has 0 saturated carbocycles. The van der Waals surface area contributed by atoms with Crippen molar-refractivity contribution in [3.05, 3.63) is 40.8 Å². The Morgan fingerprint density at radius 1 is 1.39 bits per heavy atom. The molecule has 0 unspecified atom stereocenters. The number of H-pyrrole nitrogens is 1. The summed E-state index contributed by atoms with van der Waals surface area (Å²) in [4.78, 5) is 3.91. The van der Waals surface area contributed by atoms with Crippen LogP contribution in [0.3, 0.4) is 0 Å². The largest absolute Gasteiger partial charge is 0.285 e. The van der Waals surface area contributed by atoms with Gasteiger partial charge in [-0.05, 0) is 46.5 Å². The van der Waals surface area contributed by atoms with Crippen LogP contribution >= 0.6 is 15.9 Å². The lowest BCUT2D eigenvalue weighted by Gasteiger charge is -2.04. The summed E-state index contributed by atoms with van der Waals surface area (Å²) in [5, 5.41) is 6.62. The molecule has 5 nitrogen and oxygen atoms in total. The number of nitrogens with zero attached hydrogens (tertiary/aromatic N) is 2. The normalized spacial score (nSPS) is 11.6. The zero-order chi connectivity index (χ0) is 13.0. The maximum atomic E-state index is 12.1. The van der Waals surface area contributed by atoms with E-state index in [4.69, 9.17) is 0 Å². The monoisotopic (exact) mass is 329 g/mol. The number of aromatic amines is 1. The van der Waals surface area contributed by atoms with E-state index >= 15 is 0 Å². The molecule has 2 aromatic heterocycles. The van der Waals surface area contributed by atoms with E-state index in [-0.39, 0.29) is 10.8 Å².